The van der Waals surface area contributed by atoms with Crippen LogP contribution in [0.1, 0.15) is 10.4 Å². The number of amides is 1. The van der Waals surface area contributed by atoms with Crippen LogP contribution in [0.5, 0.6) is 0 Å². The fourth-order valence-corrected chi connectivity index (χ4v) is 0.923. The second kappa shape index (κ2) is 4.75. The van der Waals surface area contributed by atoms with Crippen molar-refractivity contribution in [2.75, 3.05) is 5.32 Å². The van der Waals surface area contributed by atoms with Crippen molar-refractivity contribution in [2.24, 2.45) is 5.16 Å². The number of hydrogen-bond acceptors (Lipinski definition) is 4. The van der Waals surface area contributed by atoms with Crippen LogP contribution in [-0.4, -0.2) is 28.4 Å². The third-order valence-corrected chi connectivity index (χ3v) is 1.57. The zero-order valence-corrected chi connectivity index (χ0v) is 7.54. The molecular formula is C9H8N2O4. The van der Waals surface area contributed by atoms with E-state index in [-0.39, 0.29) is 5.56 Å². The van der Waals surface area contributed by atoms with Crippen molar-refractivity contribution in [1.82, 2.24) is 0 Å². The number of carbonyl (C=O) groups is 2. The zero-order valence-electron chi connectivity index (χ0n) is 7.54. The Morgan fingerprint density at radius 2 is 1.87 bits per heavy atom. The summed E-state index contributed by atoms with van der Waals surface area (Å²) in [4.78, 5) is 21.4. The number of rotatable bonds is 3. The van der Waals surface area contributed by atoms with Crippen molar-refractivity contribution < 1.29 is 19.9 Å². The maximum atomic E-state index is 10.9. The van der Waals surface area contributed by atoms with Crippen molar-refractivity contribution in [1.29, 1.82) is 0 Å². The predicted molar refractivity (Wildman–Crippen MR) is 52.3 cm³/mol. The second-order valence-electron chi connectivity index (χ2n) is 2.62. The minimum absolute atomic E-state index is 0.129. The van der Waals surface area contributed by atoms with Gasteiger partial charge in [-0.25, -0.2) is 4.79 Å². The van der Waals surface area contributed by atoms with Gasteiger partial charge in [0.2, 0.25) is 0 Å². The van der Waals surface area contributed by atoms with Crippen LogP contribution < -0.4 is 5.32 Å². The SMILES string of the molecule is O=C(/C=N/O)Nc1ccc(C(=O)O)cc1. The number of hydrogen-bond donors (Lipinski definition) is 3. The van der Waals surface area contributed by atoms with Crippen molar-refractivity contribution in [3.05, 3.63) is 29.8 Å². The summed E-state index contributed by atoms with van der Waals surface area (Å²) in [5.41, 5.74) is 0.550. The summed E-state index contributed by atoms with van der Waals surface area (Å²) in [6.07, 6.45) is 0.700. The van der Waals surface area contributed by atoms with Crippen LogP contribution in [0.2, 0.25) is 0 Å². The Morgan fingerprint density at radius 1 is 1.27 bits per heavy atom. The molecule has 0 aliphatic rings. The molecule has 0 saturated carbocycles. The van der Waals surface area contributed by atoms with Gasteiger partial charge < -0.3 is 15.6 Å². The Kier molecular flexibility index (Phi) is 3.39. The monoisotopic (exact) mass is 208 g/mol. The molecule has 0 atom stereocenters. The molecule has 78 valence electrons. The van der Waals surface area contributed by atoms with Gasteiger partial charge in [-0.2, -0.15) is 0 Å². The summed E-state index contributed by atoms with van der Waals surface area (Å²) in [5, 5.41) is 21.6. The molecule has 1 aromatic rings. The van der Waals surface area contributed by atoms with Crippen molar-refractivity contribution in [3.8, 4) is 0 Å². The van der Waals surface area contributed by atoms with Crippen molar-refractivity contribution >= 4 is 23.8 Å². The van der Waals surface area contributed by atoms with E-state index in [4.69, 9.17) is 10.3 Å². The highest BCUT2D eigenvalue weighted by Crippen LogP contribution is 2.08. The molecule has 6 heteroatoms. The van der Waals surface area contributed by atoms with Gasteiger partial charge in [0.1, 0.15) is 6.21 Å². The van der Waals surface area contributed by atoms with E-state index >= 15 is 0 Å². The Morgan fingerprint density at radius 3 is 2.33 bits per heavy atom. The Hall–Kier alpha value is -2.37. The largest absolute Gasteiger partial charge is 0.478 e. The van der Waals surface area contributed by atoms with E-state index in [2.05, 4.69) is 10.5 Å². The highest BCUT2D eigenvalue weighted by atomic mass is 16.4. The maximum absolute atomic E-state index is 10.9. The van der Waals surface area contributed by atoms with E-state index in [1.807, 2.05) is 0 Å². The number of benzene rings is 1. The first-order valence-electron chi connectivity index (χ1n) is 3.95. The van der Waals surface area contributed by atoms with Gasteiger partial charge in [-0.1, -0.05) is 5.16 Å². The minimum atomic E-state index is -1.04. The molecule has 0 aromatic heterocycles. The first-order chi connectivity index (χ1) is 7.13. The molecule has 0 fully saturated rings. The molecule has 0 bridgehead atoms. The number of carboxylic acids is 1. The van der Waals surface area contributed by atoms with Gasteiger partial charge >= 0.3 is 5.97 Å². The van der Waals surface area contributed by atoms with Crippen LogP contribution in [0.15, 0.2) is 29.4 Å². The van der Waals surface area contributed by atoms with E-state index in [1.165, 1.54) is 24.3 Å². The van der Waals surface area contributed by atoms with Crippen LogP contribution in [0.4, 0.5) is 5.69 Å². The number of oxime groups is 1. The van der Waals surface area contributed by atoms with E-state index in [0.717, 1.165) is 0 Å². The molecule has 1 rings (SSSR count). The third-order valence-electron chi connectivity index (χ3n) is 1.57. The Balaban J connectivity index is 2.72. The van der Waals surface area contributed by atoms with Crippen LogP contribution >= 0.6 is 0 Å². The molecule has 0 aliphatic carbocycles. The molecule has 0 spiro atoms. The normalized spacial score (nSPS) is 10.1. The number of carboxylic acid groups (broad SMARTS) is 1. The molecule has 0 unspecified atom stereocenters. The molecule has 1 amide bonds. The third kappa shape index (κ3) is 3.11. The highest BCUT2D eigenvalue weighted by molar-refractivity contribution is 6.31. The van der Waals surface area contributed by atoms with Gasteiger partial charge in [0.15, 0.2) is 0 Å². The van der Waals surface area contributed by atoms with Crippen LogP contribution in [0.25, 0.3) is 0 Å². The molecule has 1 aromatic carbocycles. The lowest BCUT2D eigenvalue weighted by Gasteiger charge is -2.01. The standard InChI is InChI=1S/C9H8N2O4/c12-8(5-10-15)11-7-3-1-6(2-4-7)9(13)14/h1-5,15H,(H,11,12)(H,13,14)/b10-5+. The second-order valence-corrected chi connectivity index (χ2v) is 2.62. The fourth-order valence-electron chi connectivity index (χ4n) is 0.923. The van der Waals surface area contributed by atoms with Gasteiger partial charge in [0.25, 0.3) is 5.91 Å². The molecule has 0 saturated heterocycles. The summed E-state index contributed by atoms with van der Waals surface area (Å²) in [7, 11) is 0. The molecule has 0 aliphatic heterocycles. The van der Waals surface area contributed by atoms with Crippen LogP contribution in [0.3, 0.4) is 0 Å². The quantitative estimate of drug-likeness (QED) is 0.388. The molecule has 3 N–H and O–H groups in total. The maximum Gasteiger partial charge on any atom is 0.335 e. The van der Waals surface area contributed by atoms with Crippen LogP contribution in [-0.2, 0) is 4.79 Å². The summed E-state index contributed by atoms with van der Waals surface area (Å²) in [6.45, 7) is 0. The van der Waals surface area contributed by atoms with Gasteiger partial charge in [-0.3, -0.25) is 4.79 Å². The van der Waals surface area contributed by atoms with E-state index in [1.54, 1.807) is 0 Å². The number of anilines is 1. The van der Waals surface area contributed by atoms with E-state index in [9.17, 15) is 9.59 Å². The number of nitrogens with one attached hydrogen (secondary N) is 1. The van der Waals surface area contributed by atoms with E-state index in [0.29, 0.717) is 11.9 Å². The topological polar surface area (TPSA) is 99.0 Å². The smallest absolute Gasteiger partial charge is 0.335 e. The lowest BCUT2D eigenvalue weighted by atomic mass is 10.2. The lowest BCUT2D eigenvalue weighted by Crippen LogP contribution is -2.12. The van der Waals surface area contributed by atoms with Crippen molar-refractivity contribution in [3.63, 3.8) is 0 Å². The van der Waals surface area contributed by atoms with Gasteiger partial charge in [-0.15, -0.1) is 0 Å². The molecule has 0 heterocycles. The average Bonchev–Trinajstić information content (AvgIpc) is 2.18. The number of carbonyl (C=O) groups excluding carboxylic acids is 1. The first-order valence-corrected chi connectivity index (χ1v) is 3.95. The van der Waals surface area contributed by atoms with Gasteiger partial charge in [-0.05, 0) is 24.3 Å². The van der Waals surface area contributed by atoms with E-state index < -0.39 is 11.9 Å². The molecule has 0 radical (unpaired) electrons. The highest BCUT2D eigenvalue weighted by Gasteiger charge is 2.02. The van der Waals surface area contributed by atoms with Crippen LogP contribution in [0, 0.1) is 0 Å². The Bertz CT molecular complexity index is 397. The minimum Gasteiger partial charge on any atom is -0.478 e. The Labute approximate surface area is 84.8 Å². The first kappa shape index (κ1) is 10.7. The predicted octanol–water partition coefficient (Wildman–Crippen LogP) is 0.783. The van der Waals surface area contributed by atoms with Gasteiger partial charge in [0.05, 0.1) is 5.56 Å². The van der Waals surface area contributed by atoms with Crippen molar-refractivity contribution in [2.45, 2.75) is 0 Å². The summed E-state index contributed by atoms with van der Waals surface area (Å²) < 4.78 is 0. The molecule has 15 heavy (non-hydrogen) atoms. The average molecular weight is 208 g/mol. The summed E-state index contributed by atoms with van der Waals surface area (Å²) >= 11 is 0. The zero-order chi connectivity index (χ0) is 11.3. The summed E-state index contributed by atoms with van der Waals surface area (Å²) in [5.74, 6) is -1.63. The fraction of sp³-hybridized carbons (Fsp3) is 0. The molecule has 6 nitrogen and oxygen atoms in total. The molecular weight excluding hydrogens is 200 g/mol. The lowest BCUT2D eigenvalue weighted by molar-refractivity contribution is -0.110. The number of nitrogens with zero attached hydrogens (tertiary/aromatic N) is 1. The summed E-state index contributed by atoms with van der Waals surface area (Å²) in [6, 6.07) is 5.58. The number of aromatic carboxylic acids is 1. The van der Waals surface area contributed by atoms with Gasteiger partial charge in [0, 0.05) is 5.69 Å².